The van der Waals surface area contributed by atoms with Gasteiger partial charge in [0.05, 0.1) is 18.2 Å². The third kappa shape index (κ3) is 2.31. The number of nitrogens with zero attached hydrogens (tertiary/aromatic N) is 2. The highest BCUT2D eigenvalue weighted by molar-refractivity contribution is 5.87. The van der Waals surface area contributed by atoms with Crippen molar-refractivity contribution >= 4 is 5.82 Å². The fourth-order valence-electron chi connectivity index (χ4n) is 2.11. The topological polar surface area (TPSA) is 74.2 Å². The van der Waals surface area contributed by atoms with Crippen LogP contribution in [0.5, 0.6) is 5.88 Å². The van der Waals surface area contributed by atoms with Gasteiger partial charge in [0.25, 0.3) is 0 Å². The molecule has 1 aromatic carbocycles. The lowest BCUT2D eigenvalue weighted by molar-refractivity contribution is 0.393. The fraction of sp³-hybridized carbons (Fsp3) is 0.0667. The van der Waals surface area contributed by atoms with Crippen molar-refractivity contribution in [2.45, 2.75) is 0 Å². The Kier molecular flexibility index (Phi) is 3.27. The molecule has 0 saturated heterocycles. The first-order valence-electron chi connectivity index (χ1n) is 6.21. The molecule has 2 aromatic heterocycles. The van der Waals surface area contributed by atoms with Gasteiger partial charge in [-0.05, 0) is 29.8 Å². The van der Waals surface area contributed by atoms with Crippen LogP contribution in [0.25, 0.3) is 22.5 Å². The maximum absolute atomic E-state index is 13.1. The van der Waals surface area contributed by atoms with Crippen molar-refractivity contribution in [3.8, 4) is 28.3 Å². The van der Waals surface area contributed by atoms with Gasteiger partial charge in [0.2, 0.25) is 5.88 Å². The lowest BCUT2D eigenvalue weighted by Gasteiger charge is -2.06. The summed E-state index contributed by atoms with van der Waals surface area (Å²) in [6.45, 7) is 0. The van der Waals surface area contributed by atoms with Crippen molar-refractivity contribution in [1.82, 2.24) is 10.1 Å². The van der Waals surface area contributed by atoms with Crippen LogP contribution in [-0.4, -0.2) is 17.3 Å². The molecule has 21 heavy (non-hydrogen) atoms. The minimum Gasteiger partial charge on any atom is -0.480 e. The Morgan fingerprint density at radius 1 is 1.19 bits per heavy atom. The number of hydrogen-bond donors (Lipinski definition) is 1. The van der Waals surface area contributed by atoms with Crippen LogP contribution in [0.15, 0.2) is 47.1 Å². The summed E-state index contributed by atoms with van der Waals surface area (Å²) < 4.78 is 23.6. The van der Waals surface area contributed by atoms with Gasteiger partial charge >= 0.3 is 0 Å². The molecule has 2 N–H and O–H groups in total. The average molecular weight is 285 g/mol. The van der Waals surface area contributed by atoms with Gasteiger partial charge in [-0.25, -0.2) is 9.37 Å². The molecular formula is C15H12FN3O2. The van der Waals surface area contributed by atoms with Crippen LogP contribution in [0, 0.1) is 5.82 Å². The number of methoxy groups -OCH3 is 1. The summed E-state index contributed by atoms with van der Waals surface area (Å²) in [5.74, 6) is 0.734. The van der Waals surface area contributed by atoms with Crippen LogP contribution in [0.2, 0.25) is 0 Å². The van der Waals surface area contributed by atoms with Crippen molar-refractivity contribution in [3.63, 3.8) is 0 Å². The predicted molar refractivity (Wildman–Crippen MR) is 76.1 cm³/mol. The Hall–Kier alpha value is -2.89. The molecule has 0 atom stereocenters. The molecule has 2 heterocycles. The van der Waals surface area contributed by atoms with Crippen LogP contribution < -0.4 is 10.5 Å². The summed E-state index contributed by atoms with van der Waals surface area (Å²) in [4.78, 5) is 4.12. The van der Waals surface area contributed by atoms with Crippen LogP contribution in [-0.2, 0) is 0 Å². The molecule has 0 saturated carbocycles. The zero-order valence-corrected chi connectivity index (χ0v) is 11.2. The Morgan fingerprint density at radius 3 is 2.67 bits per heavy atom. The van der Waals surface area contributed by atoms with E-state index in [0.29, 0.717) is 28.3 Å². The number of halogens is 1. The van der Waals surface area contributed by atoms with Gasteiger partial charge in [0, 0.05) is 6.20 Å². The van der Waals surface area contributed by atoms with E-state index in [0.717, 1.165) is 0 Å². The van der Waals surface area contributed by atoms with Crippen molar-refractivity contribution in [2.75, 3.05) is 12.8 Å². The summed E-state index contributed by atoms with van der Waals surface area (Å²) >= 11 is 0. The van der Waals surface area contributed by atoms with E-state index in [1.54, 1.807) is 30.5 Å². The number of pyridine rings is 1. The number of nitrogens with two attached hydrogens (primary N) is 1. The average Bonchev–Trinajstić information content (AvgIpc) is 2.90. The number of anilines is 1. The van der Waals surface area contributed by atoms with E-state index in [1.807, 2.05) is 0 Å². The zero-order valence-electron chi connectivity index (χ0n) is 11.2. The van der Waals surface area contributed by atoms with Crippen molar-refractivity contribution in [1.29, 1.82) is 0 Å². The number of rotatable bonds is 3. The Morgan fingerprint density at radius 2 is 1.95 bits per heavy atom. The van der Waals surface area contributed by atoms with Crippen molar-refractivity contribution in [3.05, 3.63) is 48.4 Å². The molecule has 0 aliphatic carbocycles. The maximum Gasteiger partial charge on any atom is 0.224 e. The molecule has 3 rings (SSSR count). The van der Waals surface area contributed by atoms with Gasteiger partial charge < -0.3 is 15.0 Å². The summed E-state index contributed by atoms with van der Waals surface area (Å²) in [7, 11) is 1.52. The first-order chi connectivity index (χ1) is 10.2. The Labute approximate surface area is 120 Å². The largest absolute Gasteiger partial charge is 0.480 e. The third-order valence-corrected chi connectivity index (χ3v) is 3.06. The van der Waals surface area contributed by atoms with E-state index in [4.69, 9.17) is 15.0 Å². The van der Waals surface area contributed by atoms with Gasteiger partial charge in [-0.15, -0.1) is 0 Å². The second kappa shape index (κ2) is 5.24. The van der Waals surface area contributed by atoms with Gasteiger partial charge in [0.1, 0.15) is 5.82 Å². The molecule has 3 aromatic rings. The quantitative estimate of drug-likeness (QED) is 0.800. The van der Waals surface area contributed by atoms with Gasteiger partial charge in [-0.2, -0.15) is 0 Å². The van der Waals surface area contributed by atoms with E-state index in [-0.39, 0.29) is 11.6 Å². The molecule has 0 aliphatic heterocycles. The van der Waals surface area contributed by atoms with E-state index in [1.165, 1.54) is 19.2 Å². The van der Waals surface area contributed by atoms with Gasteiger partial charge in [0.15, 0.2) is 11.6 Å². The van der Waals surface area contributed by atoms with Crippen molar-refractivity contribution in [2.24, 2.45) is 0 Å². The van der Waals surface area contributed by atoms with E-state index >= 15 is 0 Å². The normalized spacial score (nSPS) is 10.6. The smallest absolute Gasteiger partial charge is 0.224 e. The first-order valence-corrected chi connectivity index (χ1v) is 6.21. The third-order valence-electron chi connectivity index (χ3n) is 3.06. The van der Waals surface area contributed by atoms with Crippen molar-refractivity contribution < 1.29 is 13.7 Å². The maximum atomic E-state index is 13.1. The van der Waals surface area contributed by atoms with Gasteiger partial charge in [-0.3, -0.25) is 0 Å². The highest BCUT2D eigenvalue weighted by atomic mass is 19.1. The molecule has 6 heteroatoms. The van der Waals surface area contributed by atoms with Crippen LogP contribution in [0.3, 0.4) is 0 Å². The second-order valence-electron chi connectivity index (χ2n) is 4.34. The lowest BCUT2D eigenvalue weighted by atomic mass is 10.0. The monoisotopic (exact) mass is 285 g/mol. The first kappa shape index (κ1) is 13.1. The van der Waals surface area contributed by atoms with E-state index < -0.39 is 0 Å². The number of ether oxygens (including phenoxy) is 1. The molecule has 0 amide bonds. The fourth-order valence-corrected chi connectivity index (χ4v) is 2.11. The Bertz CT molecular complexity index is 769. The highest BCUT2D eigenvalue weighted by Gasteiger charge is 2.21. The minimum absolute atomic E-state index is 0.225. The number of benzene rings is 1. The molecule has 0 radical (unpaired) electrons. The SMILES string of the molecule is COc1ncccc1-c1onc(N)c1-c1ccc(F)cc1. The molecule has 106 valence electrons. The summed E-state index contributed by atoms with van der Waals surface area (Å²) in [6.07, 6.45) is 1.61. The molecule has 0 aliphatic rings. The molecule has 0 fully saturated rings. The minimum atomic E-state index is -0.325. The zero-order chi connectivity index (χ0) is 14.8. The van der Waals surface area contributed by atoms with E-state index in [2.05, 4.69) is 10.1 Å². The number of nitrogen functional groups attached to an aromatic ring is 1. The lowest BCUT2D eigenvalue weighted by Crippen LogP contribution is -1.92. The number of hydrogen-bond acceptors (Lipinski definition) is 5. The van der Waals surface area contributed by atoms with Crippen LogP contribution in [0.1, 0.15) is 0 Å². The second-order valence-corrected chi connectivity index (χ2v) is 4.34. The van der Waals surface area contributed by atoms with E-state index in [9.17, 15) is 4.39 Å². The predicted octanol–water partition coefficient (Wildman–Crippen LogP) is 3.13. The summed E-state index contributed by atoms with van der Waals surface area (Å²) in [6, 6.07) is 9.48. The summed E-state index contributed by atoms with van der Waals surface area (Å²) in [5, 5.41) is 3.79. The molecule has 0 spiro atoms. The summed E-state index contributed by atoms with van der Waals surface area (Å²) in [5.41, 5.74) is 7.80. The molecule has 5 nitrogen and oxygen atoms in total. The highest BCUT2D eigenvalue weighted by Crippen LogP contribution is 2.39. The van der Waals surface area contributed by atoms with Crippen LogP contribution in [0.4, 0.5) is 10.2 Å². The van der Waals surface area contributed by atoms with Crippen LogP contribution >= 0.6 is 0 Å². The Balaban J connectivity index is 2.19. The standard InChI is InChI=1S/C15H12FN3O2/c1-20-15-11(3-2-8-18-15)13-12(14(17)19-21-13)9-4-6-10(16)7-5-9/h2-8H,1H3,(H2,17,19). The molecule has 0 unspecified atom stereocenters. The number of aromatic nitrogens is 2. The van der Waals surface area contributed by atoms with Gasteiger partial charge in [-0.1, -0.05) is 17.3 Å². The molecular weight excluding hydrogens is 273 g/mol. The molecule has 0 bridgehead atoms.